The zero-order chi connectivity index (χ0) is 12.3. The molecular formula is C11H23NO3. The second-order valence-corrected chi connectivity index (χ2v) is 5.12. The van der Waals surface area contributed by atoms with Gasteiger partial charge >= 0.3 is 6.09 Å². The Morgan fingerprint density at radius 3 is 1.93 bits per heavy atom. The van der Waals surface area contributed by atoms with Gasteiger partial charge in [-0.1, -0.05) is 27.7 Å². The second-order valence-electron chi connectivity index (χ2n) is 5.12. The van der Waals surface area contributed by atoms with E-state index in [0.29, 0.717) is 6.54 Å². The monoisotopic (exact) mass is 217 g/mol. The summed E-state index contributed by atoms with van der Waals surface area (Å²) in [6, 6.07) is 0. The van der Waals surface area contributed by atoms with Crippen molar-refractivity contribution in [3.8, 4) is 0 Å². The fourth-order valence-corrected chi connectivity index (χ4v) is 1.50. The van der Waals surface area contributed by atoms with Crippen molar-refractivity contribution in [3.63, 3.8) is 0 Å². The van der Waals surface area contributed by atoms with Crippen LogP contribution in [0.3, 0.4) is 0 Å². The molecule has 0 aliphatic heterocycles. The summed E-state index contributed by atoms with van der Waals surface area (Å²) in [6.45, 7) is 9.82. The van der Waals surface area contributed by atoms with Crippen molar-refractivity contribution in [3.05, 3.63) is 0 Å². The van der Waals surface area contributed by atoms with E-state index in [1.165, 1.54) is 4.90 Å². The average molecular weight is 217 g/mol. The van der Waals surface area contributed by atoms with Crippen LogP contribution < -0.4 is 0 Å². The van der Waals surface area contributed by atoms with Gasteiger partial charge in [-0.3, -0.25) is 0 Å². The fourth-order valence-electron chi connectivity index (χ4n) is 1.50. The Morgan fingerprint density at radius 2 is 1.73 bits per heavy atom. The number of hydrogen-bond donors (Lipinski definition) is 2. The molecule has 15 heavy (non-hydrogen) atoms. The zero-order valence-corrected chi connectivity index (χ0v) is 10.4. The molecule has 4 nitrogen and oxygen atoms in total. The van der Waals surface area contributed by atoms with Gasteiger partial charge in [0.15, 0.2) is 0 Å². The number of amides is 1. The van der Waals surface area contributed by atoms with E-state index in [4.69, 9.17) is 5.11 Å². The number of aliphatic hydroxyl groups excluding tert-OH is 1. The normalized spacial score (nSPS) is 15.9. The van der Waals surface area contributed by atoms with Crippen LogP contribution >= 0.6 is 0 Å². The Hall–Kier alpha value is -0.770. The van der Waals surface area contributed by atoms with Crippen LogP contribution in [0, 0.1) is 5.41 Å². The van der Waals surface area contributed by atoms with Gasteiger partial charge in [-0.25, -0.2) is 4.79 Å². The molecule has 0 bridgehead atoms. The van der Waals surface area contributed by atoms with Crippen LogP contribution in [0.2, 0.25) is 0 Å². The molecule has 0 rings (SSSR count). The van der Waals surface area contributed by atoms with Crippen LogP contribution in [0.25, 0.3) is 0 Å². The fraction of sp³-hybridized carbons (Fsp3) is 0.909. The van der Waals surface area contributed by atoms with E-state index >= 15 is 0 Å². The van der Waals surface area contributed by atoms with E-state index in [9.17, 15) is 9.90 Å². The lowest BCUT2D eigenvalue weighted by atomic mass is 9.74. The molecule has 0 saturated heterocycles. The standard InChI is InChI=1S/C11H23NO3/c1-6-7-12(9(14)15)11(5,8-13)10(2,3)4/h13H,6-8H2,1-5H3,(H,14,15)/t11-/m1/s1. The first kappa shape index (κ1) is 14.2. The summed E-state index contributed by atoms with van der Waals surface area (Å²) in [6.07, 6.45) is -0.221. The molecule has 90 valence electrons. The molecule has 0 heterocycles. The highest BCUT2D eigenvalue weighted by atomic mass is 16.4. The van der Waals surface area contributed by atoms with E-state index in [2.05, 4.69) is 0 Å². The molecule has 0 saturated carbocycles. The van der Waals surface area contributed by atoms with E-state index in [1.54, 1.807) is 6.92 Å². The van der Waals surface area contributed by atoms with Gasteiger partial charge in [0, 0.05) is 6.54 Å². The minimum atomic E-state index is -0.969. The van der Waals surface area contributed by atoms with Gasteiger partial charge in [0.1, 0.15) is 0 Å². The van der Waals surface area contributed by atoms with E-state index in [1.807, 2.05) is 27.7 Å². The van der Waals surface area contributed by atoms with Crippen LogP contribution in [0.1, 0.15) is 41.0 Å². The maximum Gasteiger partial charge on any atom is 0.407 e. The van der Waals surface area contributed by atoms with Crippen LogP contribution in [0.5, 0.6) is 0 Å². The maximum absolute atomic E-state index is 11.2. The Balaban J connectivity index is 5.12. The molecule has 0 radical (unpaired) electrons. The number of nitrogens with zero attached hydrogens (tertiary/aromatic N) is 1. The van der Waals surface area contributed by atoms with Gasteiger partial charge in [-0.05, 0) is 18.8 Å². The van der Waals surface area contributed by atoms with Crippen LogP contribution in [-0.4, -0.2) is 39.9 Å². The molecule has 0 spiro atoms. The molecule has 0 aromatic carbocycles. The van der Waals surface area contributed by atoms with Crippen LogP contribution in [0.4, 0.5) is 4.79 Å². The zero-order valence-electron chi connectivity index (χ0n) is 10.4. The summed E-state index contributed by atoms with van der Waals surface area (Å²) in [7, 11) is 0. The van der Waals surface area contributed by atoms with Crippen molar-refractivity contribution in [1.82, 2.24) is 4.90 Å². The summed E-state index contributed by atoms with van der Waals surface area (Å²) in [4.78, 5) is 12.5. The smallest absolute Gasteiger partial charge is 0.407 e. The van der Waals surface area contributed by atoms with Gasteiger partial charge in [0.05, 0.1) is 12.1 Å². The van der Waals surface area contributed by atoms with Crippen molar-refractivity contribution in [2.45, 2.75) is 46.6 Å². The number of carboxylic acid groups (broad SMARTS) is 1. The van der Waals surface area contributed by atoms with Crippen molar-refractivity contribution in [1.29, 1.82) is 0 Å². The largest absolute Gasteiger partial charge is 0.465 e. The summed E-state index contributed by atoms with van der Waals surface area (Å²) in [5.74, 6) is 0. The van der Waals surface area contributed by atoms with Gasteiger partial charge in [0.25, 0.3) is 0 Å². The second kappa shape index (κ2) is 4.84. The first-order chi connectivity index (χ1) is 6.70. The lowest BCUT2D eigenvalue weighted by Gasteiger charge is -2.47. The average Bonchev–Trinajstić information content (AvgIpc) is 2.10. The predicted molar refractivity (Wildman–Crippen MR) is 60.0 cm³/mol. The molecule has 2 N–H and O–H groups in total. The molecule has 0 aliphatic rings. The highest BCUT2D eigenvalue weighted by molar-refractivity contribution is 5.66. The van der Waals surface area contributed by atoms with Gasteiger partial charge < -0.3 is 15.1 Å². The topological polar surface area (TPSA) is 60.8 Å². The van der Waals surface area contributed by atoms with Gasteiger partial charge in [0.2, 0.25) is 0 Å². The molecule has 0 unspecified atom stereocenters. The van der Waals surface area contributed by atoms with Crippen LogP contribution in [-0.2, 0) is 0 Å². The first-order valence-electron chi connectivity index (χ1n) is 5.32. The van der Waals surface area contributed by atoms with E-state index < -0.39 is 11.6 Å². The summed E-state index contributed by atoms with van der Waals surface area (Å²) < 4.78 is 0. The third-order valence-electron chi connectivity index (χ3n) is 3.20. The summed E-state index contributed by atoms with van der Waals surface area (Å²) in [5.41, 5.74) is -1.04. The molecule has 0 fully saturated rings. The number of carbonyl (C=O) groups is 1. The molecule has 0 aromatic rings. The third kappa shape index (κ3) is 2.84. The molecule has 0 aliphatic carbocycles. The summed E-state index contributed by atoms with van der Waals surface area (Å²) in [5, 5.41) is 18.6. The highest BCUT2D eigenvalue weighted by Gasteiger charge is 2.44. The maximum atomic E-state index is 11.2. The number of aliphatic hydroxyl groups is 1. The Bertz CT molecular complexity index is 222. The Labute approximate surface area is 91.9 Å². The van der Waals surface area contributed by atoms with E-state index in [-0.39, 0.29) is 12.0 Å². The molecular weight excluding hydrogens is 194 g/mol. The molecule has 1 amide bonds. The third-order valence-corrected chi connectivity index (χ3v) is 3.20. The lowest BCUT2D eigenvalue weighted by molar-refractivity contribution is -0.0240. The Kier molecular flexibility index (Phi) is 4.59. The quantitative estimate of drug-likeness (QED) is 0.758. The minimum absolute atomic E-state index is 0.164. The Morgan fingerprint density at radius 1 is 1.27 bits per heavy atom. The molecule has 0 aromatic heterocycles. The SMILES string of the molecule is CCCN(C(=O)O)[C@](C)(CO)C(C)(C)C. The van der Waals surface area contributed by atoms with Gasteiger partial charge in [-0.15, -0.1) is 0 Å². The van der Waals surface area contributed by atoms with E-state index in [0.717, 1.165) is 6.42 Å². The molecule has 1 atom stereocenters. The van der Waals surface area contributed by atoms with Crippen molar-refractivity contribution in [2.75, 3.05) is 13.2 Å². The minimum Gasteiger partial charge on any atom is -0.465 e. The molecule has 4 heteroatoms. The highest BCUT2D eigenvalue weighted by Crippen LogP contribution is 2.35. The van der Waals surface area contributed by atoms with Crippen molar-refractivity contribution < 1.29 is 15.0 Å². The number of rotatable bonds is 4. The predicted octanol–water partition coefficient (Wildman–Crippen LogP) is 2.17. The van der Waals surface area contributed by atoms with Crippen molar-refractivity contribution >= 4 is 6.09 Å². The number of hydrogen-bond acceptors (Lipinski definition) is 2. The van der Waals surface area contributed by atoms with Gasteiger partial charge in [-0.2, -0.15) is 0 Å². The lowest BCUT2D eigenvalue weighted by Crippen LogP contribution is -2.59. The summed E-state index contributed by atoms with van der Waals surface area (Å²) >= 11 is 0. The van der Waals surface area contributed by atoms with Crippen molar-refractivity contribution in [2.24, 2.45) is 5.41 Å². The first-order valence-corrected chi connectivity index (χ1v) is 5.32. The van der Waals surface area contributed by atoms with Crippen LogP contribution in [0.15, 0.2) is 0 Å².